The van der Waals surface area contributed by atoms with Gasteiger partial charge in [-0.25, -0.2) is 0 Å². The Balaban J connectivity index is 1.58. The molecule has 2 aliphatic rings. The van der Waals surface area contributed by atoms with E-state index in [1.165, 1.54) is 0 Å². The first kappa shape index (κ1) is 18.2. The van der Waals surface area contributed by atoms with Crippen LogP contribution in [-0.4, -0.2) is 47.1 Å². The standard InChI is InChI=1S/C21H12N3O3Se2/c25-19-13(20(26)23-21(28)22-19)11-12-9-10-18(29-12)24-14-5-1-3-7-16(14)27-17-8-4-2-6-15(17)24/h1-11H,(H,22,23,25,26). The minimum atomic E-state index is -0.533. The molecule has 1 radical (unpaired) electrons. The van der Waals surface area contributed by atoms with Crippen molar-refractivity contribution in [2.45, 2.75) is 0 Å². The molecule has 5 rings (SSSR count). The number of rotatable bonds is 2. The van der Waals surface area contributed by atoms with Crippen molar-refractivity contribution in [3.05, 3.63) is 70.7 Å². The van der Waals surface area contributed by atoms with Crippen LogP contribution >= 0.6 is 0 Å². The summed E-state index contributed by atoms with van der Waals surface area (Å²) in [6.45, 7) is 0. The number of ether oxygens (including phenoxy) is 1. The summed E-state index contributed by atoms with van der Waals surface area (Å²) in [4.78, 5) is 30.2. The number of carbonyl (C=O) groups is 2. The molecule has 0 saturated carbocycles. The second-order valence-corrected chi connectivity index (χ2v) is 9.39. The number of hydrogen-bond donors (Lipinski definition) is 1. The zero-order valence-corrected chi connectivity index (χ0v) is 18.2. The van der Waals surface area contributed by atoms with E-state index >= 15 is 0 Å². The third kappa shape index (κ3) is 3.26. The van der Waals surface area contributed by atoms with Crippen LogP contribution < -0.4 is 15.0 Å². The molecule has 2 aromatic carbocycles. The van der Waals surface area contributed by atoms with E-state index in [1.807, 2.05) is 60.7 Å². The monoisotopic (exact) mass is 514 g/mol. The maximum absolute atomic E-state index is 12.1. The van der Waals surface area contributed by atoms with Crippen LogP contribution in [0.1, 0.15) is 4.44 Å². The van der Waals surface area contributed by atoms with E-state index in [9.17, 15) is 9.59 Å². The molecule has 1 N–H and O–H groups in total. The van der Waals surface area contributed by atoms with E-state index in [1.54, 1.807) is 6.08 Å². The molecule has 141 valence electrons. The third-order valence-electron chi connectivity index (χ3n) is 4.45. The van der Waals surface area contributed by atoms with Gasteiger partial charge in [0.1, 0.15) is 0 Å². The van der Waals surface area contributed by atoms with Crippen molar-refractivity contribution in [1.82, 2.24) is 5.32 Å². The van der Waals surface area contributed by atoms with Crippen molar-refractivity contribution in [3.63, 3.8) is 0 Å². The molecule has 8 heteroatoms. The zero-order chi connectivity index (χ0) is 20.0. The van der Waals surface area contributed by atoms with Gasteiger partial charge in [-0.15, -0.1) is 0 Å². The number of amides is 2. The van der Waals surface area contributed by atoms with E-state index < -0.39 is 11.8 Å². The van der Waals surface area contributed by atoms with E-state index in [2.05, 4.69) is 31.2 Å². The van der Waals surface area contributed by atoms with Crippen LogP contribution in [0.4, 0.5) is 15.9 Å². The molecule has 2 amide bonds. The molecule has 6 nitrogen and oxygen atoms in total. The molecule has 3 aromatic rings. The SMILES string of the molecule is O=C1N=C([Se])NC(=O)/C1=C\c1ccc(N2c3ccccc3Oc3ccccc32)[se]1. The first-order chi connectivity index (χ1) is 14.1. The quantitative estimate of drug-likeness (QED) is 0.255. The summed E-state index contributed by atoms with van der Waals surface area (Å²) in [5.74, 6) is 0.607. The van der Waals surface area contributed by atoms with Crippen LogP contribution in [0, 0.1) is 0 Å². The summed E-state index contributed by atoms with van der Waals surface area (Å²) in [5, 5.41) is 2.54. The van der Waals surface area contributed by atoms with Crippen LogP contribution in [-0.2, 0) is 9.59 Å². The van der Waals surface area contributed by atoms with Gasteiger partial charge >= 0.3 is 181 Å². The van der Waals surface area contributed by atoms with Gasteiger partial charge in [0.05, 0.1) is 0 Å². The average molecular weight is 512 g/mol. The van der Waals surface area contributed by atoms with Gasteiger partial charge in [-0.2, -0.15) is 0 Å². The van der Waals surface area contributed by atoms with E-state index in [4.69, 9.17) is 4.74 Å². The van der Waals surface area contributed by atoms with E-state index in [0.717, 1.165) is 31.9 Å². The Morgan fingerprint density at radius 1 is 0.966 bits per heavy atom. The number of para-hydroxylation sites is 4. The van der Waals surface area contributed by atoms with Gasteiger partial charge in [0.2, 0.25) is 0 Å². The topological polar surface area (TPSA) is 71.0 Å². The second kappa shape index (κ2) is 7.17. The normalized spacial score (nSPS) is 16.6. The molecule has 0 aliphatic carbocycles. The summed E-state index contributed by atoms with van der Waals surface area (Å²) >= 11 is 2.45. The number of carbonyl (C=O) groups excluding carboxylic acids is 2. The maximum atomic E-state index is 12.1. The first-order valence-electron chi connectivity index (χ1n) is 8.69. The Morgan fingerprint density at radius 2 is 1.62 bits per heavy atom. The van der Waals surface area contributed by atoms with Gasteiger partial charge in [0.25, 0.3) is 0 Å². The number of hydrogen-bond acceptors (Lipinski definition) is 4. The molecule has 2 aliphatic heterocycles. The van der Waals surface area contributed by atoms with Gasteiger partial charge in [-0.3, -0.25) is 0 Å². The van der Waals surface area contributed by atoms with Gasteiger partial charge in [-0.05, 0) is 0 Å². The summed E-state index contributed by atoms with van der Waals surface area (Å²) in [6, 6.07) is 19.7. The molecule has 0 fully saturated rings. The number of nitrogens with zero attached hydrogens (tertiary/aromatic N) is 2. The Hall–Kier alpha value is -2.89. The number of anilines is 3. The van der Waals surface area contributed by atoms with Crippen molar-refractivity contribution < 1.29 is 14.3 Å². The second-order valence-electron chi connectivity index (χ2n) is 6.28. The van der Waals surface area contributed by atoms with Crippen molar-refractivity contribution in [2.75, 3.05) is 4.90 Å². The summed E-state index contributed by atoms with van der Waals surface area (Å²) in [7, 11) is 0. The number of fused-ring (bicyclic) bond motifs is 2. The summed E-state index contributed by atoms with van der Waals surface area (Å²) < 4.78 is 8.25. The van der Waals surface area contributed by atoms with Crippen LogP contribution in [0.25, 0.3) is 6.08 Å². The van der Waals surface area contributed by atoms with Crippen molar-refractivity contribution in [2.24, 2.45) is 4.99 Å². The zero-order valence-electron chi connectivity index (χ0n) is 14.8. The van der Waals surface area contributed by atoms with Gasteiger partial charge in [-0.1, -0.05) is 0 Å². The minimum absolute atomic E-state index is 0.0505. The molecular weight excluding hydrogens is 500 g/mol. The Labute approximate surface area is 180 Å². The van der Waals surface area contributed by atoms with Gasteiger partial charge in [0.15, 0.2) is 0 Å². The molecule has 29 heavy (non-hydrogen) atoms. The molecule has 0 spiro atoms. The Kier molecular flexibility index (Phi) is 4.49. The fourth-order valence-electron chi connectivity index (χ4n) is 3.19. The fraction of sp³-hybridized carbons (Fsp3) is 0. The molecule has 1 aromatic heterocycles. The van der Waals surface area contributed by atoms with Crippen LogP contribution in [0.5, 0.6) is 11.5 Å². The number of benzene rings is 2. The van der Waals surface area contributed by atoms with Crippen LogP contribution in [0.3, 0.4) is 0 Å². The number of aliphatic imine (C=N–C) groups is 1. The van der Waals surface area contributed by atoms with Gasteiger partial charge < -0.3 is 0 Å². The van der Waals surface area contributed by atoms with Crippen molar-refractivity contribution >= 4 is 69.1 Å². The predicted octanol–water partition coefficient (Wildman–Crippen LogP) is 2.88. The van der Waals surface area contributed by atoms with Crippen molar-refractivity contribution in [1.29, 1.82) is 0 Å². The molecule has 0 unspecified atom stereocenters. The van der Waals surface area contributed by atoms with Crippen LogP contribution in [0.2, 0.25) is 0 Å². The molecular formula is C21H12N3O3Se2. The van der Waals surface area contributed by atoms with E-state index in [0.29, 0.717) is 0 Å². The van der Waals surface area contributed by atoms with Gasteiger partial charge in [0, 0.05) is 0 Å². The number of amidine groups is 1. The van der Waals surface area contributed by atoms with Crippen molar-refractivity contribution in [3.8, 4) is 11.5 Å². The Morgan fingerprint density at radius 3 is 2.28 bits per heavy atom. The number of nitrogens with one attached hydrogen (secondary N) is 1. The fourth-order valence-corrected chi connectivity index (χ4v) is 5.61. The first-order valence-corrected chi connectivity index (χ1v) is 11.3. The molecule has 0 atom stereocenters. The Bertz CT molecular complexity index is 1180. The average Bonchev–Trinajstić information content (AvgIpc) is 3.17. The molecule has 3 heterocycles. The molecule has 0 saturated heterocycles. The predicted molar refractivity (Wildman–Crippen MR) is 112 cm³/mol. The summed E-state index contributed by atoms with van der Waals surface area (Å²) in [5.41, 5.74) is 1.97. The third-order valence-corrected chi connectivity index (χ3v) is 6.99. The molecule has 0 bridgehead atoms. The van der Waals surface area contributed by atoms with E-state index in [-0.39, 0.29) is 24.8 Å². The summed E-state index contributed by atoms with van der Waals surface area (Å²) in [6.07, 6.45) is 1.63. The van der Waals surface area contributed by atoms with Crippen LogP contribution in [0.15, 0.2) is 71.2 Å².